The van der Waals surface area contributed by atoms with Gasteiger partial charge in [0.05, 0.1) is 24.1 Å². The standard InChI is InChI=1S/C14H18BrNO4/c1-3-20-12-6-8(4-10(15)13(12)19-2)11-5-9(7-16-11)14(17)18/h4,6,9,11,16H,3,5,7H2,1-2H3,(H,17,18). The van der Waals surface area contributed by atoms with E-state index in [4.69, 9.17) is 14.6 Å². The van der Waals surface area contributed by atoms with Crippen LogP contribution in [0.25, 0.3) is 0 Å². The first kappa shape index (κ1) is 15.1. The molecule has 0 radical (unpaired) electrons. The maximum absolute atomic E-state index is 11.0. The second kappa shape index (κ2) is 6.45. The number of hydrogen-bond donors (Lipinski definition) is 2. The molecule has 0 amide bonds. The first-order valence-corrected chi connectivity index (χ1v) is 7.32. The van der Waals surface area contributed by atoms with E-state index in [1.807, 2.05) is 19.1 Å². The Bertz CT molecular complexity index is 506. The second-order valence-corrected chi connectivity index (χ2v) is 5.55. The number of rotatable bonds is 5. The van der Waals surface area contributed by atoms with Crippen molar-refractivity contribution in [1.29, 1.82) is 0 Å². The molecular formula is C14H18BrNO4. The van der Waals surface area contributed by atoms with Crippen LogP contribution in [0.4, 0.5) is 0 Å². The molecule has 2 rings (SSSR count). The molecular weight excluding hydrogens is 326 g/mol. The molecule has 5 nitrogen and oxygen atoms in total. The molecule has 0 aromatic heterocycles. The summed E-state index contributed by atoms with van der Waals surface area (Å²) in [5, 5.41) is 12.3. The van der Waals surface area contributed by atoms with Crippen LogP contribution in [-0.4, -0.2) is 31.3 Å². The third-order valence-corrected chi connectivity index (χ3v) is 4.01. The summed E-state index contributed by atoms with van der Waals surface area (Å²) in [5.41, 5.74) is 1.00. The van der Waals surface area contributed by atoms with E-state index in [-0.39, 0.29) is 12.0 Å². The lowest BCUT2D eigenvalue weighted by Gasteiger charge is -2.16. The van der Waals surface area contributed by atoms with E-state index in [9.17, 15) is 4.79 Å². The number of ether oxygens (including phenoxy) is 2. The Morgan fingerprint density at radius 2 is 2.30 bits per heavy atom. The van der Waals surface area contributed by atoms with Crippen LogP contribution in [0.2, 0.25) is 0 Å². The van der Waals surface area contributed by atoms with E-state index in [2.05, 4.69) is 21.2 Å². The third-order valence-electron chi connectivity index (χ3n) is 3.42. The molecule has 6 heteroatoms. The van der Waals surface area contributed by atoms with Crippen molar-refractivity contribution in [2.24, 2.45) is 5.92 Å². The fourth-order valence-corrected chi connectivity index (χ4v) is 3.05. The van der Waals surface area contributed by atoms with E-state index in [1.165, 1.54) is 0 Å². The lowest BCUT2D eigenvalue weighted by Crippen LogP contribution is -2.17. The van der Waals surface area contributed by atoms with Gasteiger partial charge in [0.15, 0.2) is 11.5 Å². The molecule has 2 atom stereocenters. The van der Waals surface area contributed by atoms with Gasteiger partial charge in [0.1, 0.15) is 0 Å². The van der Waals surface area contributed by atoms with Gasteiger partial charge in [-0.15, -0.1) is 0 Å². The number of halogens is 1. The van der Waals surface area contributed by atoms with Crippen LogP contribution in [0.1, 0.15) is 24.9 Å². The van der Waals surface area contributed by atoms with Gasteiger partial charge in [0.25, 0.3) is 0 Å². The molecule has 2 unspecified atom stereocenters. The fourth-order valence-electron chi connectivity index (χ4n) is 2.43. The van der Waals surface area contributed by atoms with Gasteiger partial charge in [-0.25, -0.2) is 0 Å². The highest BCUT2D eigenvalue weighted by Gasteiger charge is 2.31. The number of methoxy groups -OCH3 is 1. The van der Waals surface area contributed by atoms with E-state index in [0.717, 1.165) is 10.0 Å². The highest BCUT2D eigenvalue weighted by atomic mass is 79.9. The summed E-state index contributed by atoms with van der Waals surface area (Å²) in [6.07, 6.45) is 0.583. The van der Waals surface area contributed by atoms with Crippen molar-refractivity contribution in [2.45, 2.75) is 19.4 Å². The van der Waals surface area contributed by atoms with Crippen molar-refractivity contribution in [3.8, 4) is 11.5 Å². The Morgan fingerprint density at radius 1 is 1.55 bits per heavy atom. The second-order valence-electron chi connectivity index (χ2n) is 4.70. The molecule has 0 aliphatic carbocycles. The lowest BCUT2D eigenvalue weighted by atomic mass is 10.00. The third kappa shape index (κ3) is 3.07. The van der Waals surface area contributed by atoms with Gasteiger partial charge >= 0.3 is 5.97 Å². The average Bonchev–Trinajstić information content (AvgIpc) is 2.88. The predicted molar refractivity (Wildman–Crippen MR) is 78.3 cm³/mol. The molecule has 1 saturated heterocycles. The smallest absolute Gasteiger partial charge is 0.307 e. The number of carboxylic acids is 1. The SMILES string of the molecule is CCOc1cc(C2CC(C(=O)O)CN2)cc(Br)c1OC. The molecule has 0 bridgehead atoms. The van der Waals surface area contributed by atoms with Crippen LogP contribution in [0.15, 0.2) is 16.6 Å². The van der Waals surface area contributed by atoms with E-state index < -0.39 is 5.97 Å². The van der Waals surface area contributed by atoms with Crippen LogP contribution < -0.4 is 14.8 Å². The van der Waals surface area contributed by atoms with Gasteiger partial charge in [-0.05, 0) is 47.0 Å². The Kier molecular flexibility index (Phi) is 4.88. The number of aliphatic carboxylic acids is 1. The molecule has 1 aromatic rings. The summed E-state index contributed by atoms with van der Waals surface area (Å²) in [6, 6.07) is 3.88. The Balaban J connectivity index is 2.27. The quantitative estimate of drug-likeness (QED) is 0.859. The average molecular weight is 344 g/mol. The summed E-state index contributed by atoms with van der Waals surface area (Å²) in [7, 11) is 1.59. The molecule has 0 saturated carbocycles. The zero-order chi connectivity index (χ0) is 14.7. The first-order valence-electron chi connectivity index (χ1n) is 6.53. The van der Waals surface area contributed by atoms with Gasteiger partial charge in [-0.2, -0.15) is 0 Å². The number of carboxylic acid groups (broad SMARTS) is 1. The van der Waals surface area contributed by atoms with Gasteiger partial charge in [-0.1, -0.05) is 0 Å². The van der Waals surface area contributed by atoms with E-state index >= 15 is 0 Å². The van der Waals surface area contributed by atoms with E-state index in [0.29, 0.717) is 31.1 Å². The first-order chi connectivity index (χ1) is 9.56. The molecule has 110 valence electrons. The number of nitrogens with one attached hydrogen (secondary N) is 1. The molecule has 2 N–H and O–H groups in total. The summed E-state index contributed by atoms with van der Waals surface area (Å²) in [4.78, 5) is 11.0. The van der Waals surface area contributed by atoms with Gasteiger partial charge in [0, 0.05) is 12.6 Å². The predicted octanol–water partition coefficient (Wildman–Crippen LogP) is 2.59. The van der Waals surface area contributed by atoms with Gasteiger partial charge < -0.3 is 19.9 Å². The van der Waals surface area contributed by atoms with Crippen LogP contribution in [-0.2, 0) is 4.79 Å². The lowest BCUT2D eigenvalue weighted by molar-refractivity contribution is -0.141. The summed E-state index contributed by atoms with van der Waals surface area (Å²) < 4.78 is 11.7. The minimum absolute atomic E-state index is 0.0255. The zero-order valence-electron chi connectivity index (χ0n) is 11.5. The largest absolute Gasteiger partial charge is 0.492 e. The summed E-state index contributed by atoms with van der Waals surface area (Å²) in [6.45, 7) is 2.95. The Hall–Kier alpha value is -1.27. The van der Waals surface area contributed by atoms with Crippen molar-refractivity contribution >= 4 is 21.9 Å². The Labute approximate surface area is 126 Å². The number of benzene rings is 1. The molecule has 1 aliphatic rings. The molecule has 1 aromatic carbocycles. The molecule has 1 heterocycles. The molecule has 1 aliphatic heterocycles. The minimum atomic E-state index is -0.752. The monoisotopic (exact) mass is 343 g/mol. The highest BCUT2D eigenvalue weighted by Crippen LogP contribution is 2.40. The number of hydrogen-bond acceptors (Lipinski definition) is 4. The maximum atomic E-state index is 11.0. The van der Waals surface area contributed by atoms with Crippen LogP contribution in [0.3, 0.4) is 0 Å². The highest BCUT2D eigenvalue weighted by molar-refractivity contribution is 9.10. The summed E-state index contributed by atoms with van der Waals surface area (Å²) in [5.74, 6) is 0.234. The van der Waals surface area contributed by atoms with Crippen LogP contribution in [0, 0.1) is 5.92 Å². The van der Waals surface area contributed by atoms with E-state index in [1.54, 1.807) is 7.11 Å². The van der Waals surface area contributed by atoms with Crippen molar-refractivity contribution in [3.63, 3.8) is 0 Å². The molecule has 0 spiro atoms. The van der Waals surface area contributed by atoms with Crippen molar-refractivity contribution in [1.82, 2.24) is 5.32 Å². The maximum Gasteiger partial charge on any atom is 0.307 e. The Morgan fingerprint density at radius 3 is 2.85 bits per heavy atom. The topological polar surface area (TPSA) is 67.8 Å². The normalized spacial score (nSPS) is 21.8. The molecule has 20 heavy (non-hydrogen) atoms. The fraction of sp³-hybridized carbons (Fsp3) is 0.500. The number of carbonyl (C=O) groups is 1. The van der Waals surface area contributed by atoms with Gasteiger partial charge in [-0.3, -0.25) is 4.79 Å². The molecule has 1 fully saturated rings. The van der Waals surface area contributed by atoms with Crippen molar-refractivity contribution in [2.75, 3.05) is 20.3 Å². The minimum Gasteiger partial charge on any atom is -0.492 e. The van der Waals surface area contributed by atoms with Crippen molar-refractivity contribution in [3.05, 3.63) is 22.2 Å². The van der Waals surface area contributed by atoms with Crippen LogP contribution in [0.5, 0.6) is 11.5 Å². The van der Waals surface area contributed by atoms with Crippen molar-refractivity contribution < 1.29 is 19.4 Å². The van der Waals surface area contributed by atoms with Crippen LogP contribution >= 0.6 is 15.9 Å². The van der Waals surface area contributed by atoms with Gasteiger partial charge in [0.2, 0.25) is 0 Å². The summed E-state index contributed by atoms with van der Waals surface area (Å²) >= 11 is 3.47. The zero-order valence-corrected chi connectivity index (χ0v) is 13.1.